The van der Waals surface area contributed by atoms with Gasteiger partial charge in [0, 0.05) is 25.6 Å². The molecule has 2 rings (SSSR count). The molecule has 2 aliphatic rings. The predicted molar refractivity (Wildman–Crippen MR) is 69.9 cm³/mol. The lowest BCUT2D eigenvalue weighted by Gasteiger charge is -2.36. The van der Waals surface area contributed by atoms with Crippen molar-refractivity contribution in [2.75, 3.05) is 26.2 Å². The van der Waals surface area contributed by atoms with Crippen LogP contribution in [0.3, 0.4) is 0 Å². The molecule has 0 spiro atoms. The maximum absolute atomic E-state index is 11.9. The smallest absolute Gasteiger partial charge is 0.222 e. The van der Waals surface area contributed by atoms with Crippen molar-refractivity contribution in [2.24, 2.45) is 0 Å². The van der Waals surface area contributed by atoms with Crippen LogP contribution < -0.4 is 0 Å². The van der Waals surface area contributed by atoms with Crippen LogP contribution in [0.5, 0.6) is 0 Å². The number of carbonyl (C=O) groups excluding carboxylic acids is 1. The molecule has 98 valence electrons. The normalized spacial score (nSPS) is 23.2. The van der Waals surface area contributed by atoms with E-state index >= 15 is 0 Å². The minimum Gasteiger partial charge on any atom is -0.343 e. The monoisotopic (exact) mass is 238 g/mol. The Morgan fingerprint density at radius 2 is 1.76 bits per heavy atom. The highest BCUT2D eigenvalue weighted by molar-refractivity contribution is 5.76. The van der Waals surface area contributed by atoms with E-state index in [4.69, 9.17) is 0 Å². The van der Waals surface area contributed by atoms with Crippen molar-refractivity contribution in [3.05, 3.63) is 0 Å². The van der Waals surface area contributed by atoms with Crippen molar-refractivity contribution in [1.29, 1.82) is 0 Å². The molecule has 0 bridgehead atoms. The highest BCUT2D eigenvalue weighted by Gasteiger charge is 2.27. The summed E-state index contributed by atoms with van der Waals surface area (Å²) in [5.74, 6) is 0.381. The standard InChI is InChI=1S/C14H26N2O/c1-2-3-6-14(17)16-11-7-13(8-12-16)15-9-4-5-10-15/h13H,2-12H2,1H3. The largest absolute Gasteiger partial charge is 0.343 e. The fourth-order valence-electron chi connectivity index (χ4n) is 3.07. The summed E-state index contributed by atoms with van der Waals surface area (Å²) in [6.45, 7) is 6.70. The second-order valence-corrected chi connectivity index (χ2v) is 5.46. The van der Waals surface area contributed by atoms with Crippen LogP contribution in [0.4, 0.5) is 0 Å². The Kier molecular flexibility index (Phi) is 4.84. The van der Waals surface area contributed by atoms with Crippen LogP contribution in [-0.2, 0) is 4.79 Å². The quantitative estimate of drug-likeness (QED) is 0.750. The summed E-state index contributed by atoms with van der Waals surface area (Å²) in [4.78, 5) is 16.6. The molecule has 0 radical (unpaired) electrons. The Morgan fingerprint density at radius 1 is 1.12 bits per heavy atom. The van der Waals surface area contributed by atoms with Gasteiger partial charge < -0.3 is 9.80 Å². The number of hydrogen-bond donors (Lipinski definition) is 0. The first-order valence-corrected chi connectivity index (χ1v) is 7.33. The fraction of sp³-hybridized carbons (Fsp3) is 0.929. The van der Waals surface area contributed by atoms with E-state index in [-0.39, 0.29) is 0 Å². The minimum atomic E-state index is 0.381. The van der Waals surface area contributed by atoms with E-state index in [0.29, 0.717) is 5.91 Å². The van der Waals surface area contributed by atoms with Gasteiger partial charge in [0.05, 0.1) is 0 Å². The predicted octanol–water partition coefficient (Wildman–Crippen LogP) is 2.26. The third kappa shape index (κ3) is 3.44. The molecule has 0 N–H and O–H groups in total. The van der Waals surface area contributed by atoms with Gasteiger partial charge in [-0.05, 0) is 45.2 Å². The first kappa shape index (κ1) is 12.9. The summed E-state index contributed by atoms with van der Waals surface area (Å²) in [6, 6.07) is 0.757. The van der Waals surface area contributed by atoms with Gasteiger partial charge in [-0.25, -0.2) is 0 Å². The molecule has 2 fully saturated rings. The number of unbranched alkanes of at least 4 members (excludes halogenated alkanes) is 1. The van der Waals surface area contributed by atoms with Crippen molar-refractivity contribution < 1.29 is 4.79 Å². The van der Waals surface area contributed by atoms with E-state index in [1.165, 1.54) is 38.8 Å². The maximum Gasteiger partial charge on any atom is 0.222 e. The molecule has 17 heavy (non-hydrogen) atoms. The molecule has 0 aromatic heterocycles. The molecule has 0 aromatic carbocycles. The van der Waals surface area contributed by atoms with Gasteiger partial charge in [0.1, 0.15) is 0 Å². The van der Waals surface area contributed by atoms with Crippen molar-refractivity contribution >= 4 is 5.91 Å². The van der Waals surface area contributed by atoms with Crippen LogP contribution in [0.2, 0.25) is 0 Å². The molecule has 2 saturated heterocycles. The van der Waals surface area contributed by atoms with E-state index in [2.05, 4.69) is 16.7 Å². The molecule has 3 nitrogen and oxygen atoms in total. The summed E-state index contributed by atoms with van der Waals surface area (Å²) in [5.41, 5.74) is 0. The van der Waals surface area contributed by atoms with Gasteiger partial charge in [0.2, 0.25) is 5.91 Å². The van der Waals surface area contributed by atoms with E-state index < -0.39 is 0 Å². The molecule has 2 heterocycles. The Labute approximate surface area is 105 Å². The first-order chi connectivity index (χ1) is 8.31. The molecule has 0 aromatic rings. The van der Waals surface area contributed by atoms with Crippen LogP contribution in [0.1, 0.15) is 51.9 Å². The zero-order valence-corrected chi connectivity index (χ0v) is 11.2. The van der Waals surface area contributed by atoms with Crippen LogP contribution in [0, 0.1) is 0 Å². The molecule has 0 atom stereocenters. The number of hydrogen-bond acceptors (Lipinski definition) is 2. The average molecular weight is 238 g/mol. The number of likely N-dealkylation sites (tertiary alicyclic amines) is 2. The van der Waals surface area contributed by atoms with Gasteiger partial charge in [-0.2, -0.15) is 0 Å². The number of carbonyl (C=O) groups is 1. The van der Waals surface area contributed by atoms with Crippen LogP contribution in [-0.4, -0.2) is 47.9 Å². The lowest BCUT2D eigenvalue weighted by atomic mass is 10.0. The molecular formula is C14H26N2O. The van der Waals surface area contributed by atoms with Crippen molar-refractivity contribution in [2.45, 2.75) is 57.9 Å². The van der Waals surface area contributed by atoms with Gasteiger partial charge >= 0.3 is 0 Å². The van der Waals surface area contributed by atoms with Crippen LogP contribution in [0.25, 0.3) is 0 Å². The van der Waals surface area contributed by atoms with E-state index in [1.807, 2.05) is 0 Å². The van der Waals surface area contributed by atoms with E-state index in [0.717, 1.165) is 38.4 Å². The van der Waals surface area contributed by atoms with Crippen LogP contribution >= 0.6 is 0 Å². The Balaban J connectivity index is 1.71. The van der Waals surface area contributed by atoms with Gasteiger partial charge in [0.25, 0.3) is 0 Å². The number of rotatable bonds is 4. The van der Waals surface area contributed by atoms with Crippen molar-refractivity contribution in [1.82, 2.24) is 9.80 Å². The van der Waals surface area contributed by atoms with Gasteiger partial charge in [-0.3, -0.25) is 4.79 Å². The molecule has 0 aliphatic carbocycles. The highest BCUT2D eigenvalue weighted by atomic mass is 16.2. The summed E-state index contributed by atoms with van der Waals surface area (Å²) >= 11 is 0. The minimum absolute atomic E-state index is 0.381. The Bertz CT molecular complexity index is 241. The summed E-state index contributed by atoms with van der Waals surface area (Å²) in [6.07, 6.45) is 8.05. The second-order valence-electron chi connectivity index (χ2n) is 5.46. The zero-order valence-electron chi connectivity index (χ0n) is 11.2. The van der Waals surface area contributed by atoms with Gasteiger partial charge in [-0.1, -0.05) is 13.3 Å². The van der Waals surface area contributed by atoms with Crippen molar-refractivity contribution in [3.63, 3.8) is 0 Å². The lowest BCUT2D eigenvalue weighted by Crippen LogP contribution is -2.45. The molecular weight excluding hydrogens is 212 g/mol. The second kappa shape index (κ2) is 6.39. The molecule has 3 heteroatoms. The number of piperidine rings is 1. The zero-order chi connectivity index (χ0) is 12.1. The van der Waals surface area contributed by atoms with E-state index in [1.54, 1.807) is 0 Å². The Morgan fingerprint density at radius 3 is 2.35 bits per heavy atom. The molecule has 0 saturated carbocycles. The molecule has 1 amide bonds. The summed E-state index contributed by atoms with van der Waals surface area (Å²) in [7, 11) is 0. The SMILES string of the molecule is CCCCC(=O)N1CCC(N2CCCC2)CC1. The molecule has 0 unspecified atom stereocenters. The molecule has 2 aliphatic heterocycles. The Hall–Kier alpha value is -0.570. The topological polar surface area (TPSA) is 23.6 Å². The third-order valence-corrected chi connectivity index (χ3v) is 4.22. The maximum atomic E-state index is 11.9. The number of amides is 1. The van der Waals surface area contributed by atoms with Crippen molar-refractivity contribution in [3.8, 4) is 0 Å². The van der Waals surface area contributed by atoms with E-state index in [9.17, 15) is 4.79 Å². The van der Waals surface area contributed by atoms with Gasteiger partial charge in [-0.15, -0.1) is 0 Å². The highest BCUT2D eigenvalue weighted by Crippen LogP contribution is 2.21. The summed E-state index contributed by atoms with van der Waals surface area (Å²) < 4.78 is 0. The summed E-state index contributed by atoms with van der Waals surface area (Å²) in [5, 5.41) is 0. The third-order valence-electron chi connectivity index (χ3n) is 4.22. The lowest BCUT2D eigenvalue weighted by molar-refractivity contribution is -0.132. The first-order valence-electron chi connectivity index (χ1n) is 7.33. The van der Waals surface area contributed by atoms with Crippen LogP contribution in [0.15, 0.2) is 0 Å². The fourth-order valence-corrected chi connectivity index (χ4v) is 3.07. The van der Waals surface area contributed by atoms with Gasteiger partial charge in [0.15, 0.2) is 0 Å². The number of nitrogens with zero attached hydrogens (tertiary/aromatic N) is 2. The average Bonchev–Trinajstić information content (AvgIpc) is 2.90.